The second-order valence-electron chi connectivity index (χ2n) is 6.18. The molecular weight excluding hydrogens is 280 g/mol. The summed E-state index contributed by atoms with van der Waals surface area (Å²) >= 11 is 2.06. The third-order valence-electron chi connectivity index (χ3n) is 4.86. The van der Waals surface area contributed by atoms with Crippen molar-refractivity contribution in [1.29, 1.82) is 0 Å². The first-order valence-electron chi connectivity index (χ1n) is 7.73. The van der Waals surface area contributed by atoms with Crippen LogP contribution in [0.1, 0.15) is 25.3 Å². The fraction of sp³-hybridized carbons (Fsp3) is 0.647. The van der Waals surface area contributed by atoms with E-state index in [0.29, 0.717) is 12.6 Å². The normalized spacial score (nSPS) is 21.5. The number of ether oxygens (including phenoxy) is 1. The van der Waals surface area contributed by atoms with Gasteiger partial charge in [0.1, 0.15) is 5.75 Å². The van der Waals surface area contributed by atoms with Crippen molar-refractivity contribution in [3.63, 3.8) is 0 Å². The standard InChI is InChI=1S/C17H28N2OS/c1-17(13-18,19(2)15-9-11-21-12-15)10-8-14-4-6-16(20-3)7-5-14/h4-7,15H,8-13,18H2,1-3H3. The van der Waals surface area contributed by atoms with Gasteiger partial charge in [-0.2, -0.15) is 11.8 Å². The molecular formula is C17H28N2OS. The van der Waals surface area contributed by atoms with Gasteiger partial charge in [0.05, 0.1) is 7.11 Å². The number of nitrogens with zero attached hydrogens (tertiary/aromatic N) is 1. The molecule has 2 rings (SSSR count). The molecule has 0 bridgehead atoms. The van der Waals surface area contributed by atoms with Crippen LogP contribution in [0.3, 0.4) is 0 Å². The lowest BCUT2D eigenvalue weighted by atomic mass is 9.90. The zero-order valence-electron chi connectivity index (χ0n) is 13.5. The van der Waals surface area contributed by atoms with Gasteiger partial charge in [-0.05, 0) is 56.7 Å². The van der Waals surface area contributed by atoms with E-state index in [9.17, 15) is 0 Å². The van der Waals surface area contributed by atoms with Crippen LogP contribution in [-0.2, 0) is 6.42 Å². The Bertz CT molecular complexity index is 431. The van der Waals surface area contributed by atoms with E-state index in [1.807, 2.05) is 12.1 Å². The van der Waals surface area contributed by atoms with Crippen LogP contribution in [0.2, 0.25) is 0 Å². The third-order valence-corrected chi connectivity index (χ3v) is 6.00. The highest BCUT2D eigenvalue weighted by Crippen LogP contribution is 2.29. The molecule has 1 heterocycles. The summed E-state index contributed by atoms with van der Waals surface area (Å²) in [4.78, 5) is 2.52. The van der Waals surface area contributed by atoms with Crippen LogP contribution in [0.5, 0.6) is 5.75 Å². The molecule has 0 aromatic heterocycles. The van der Waals surface area contributed by atoms with E-state index in [1.165, 1.54) is 23.5 Å². The molecule has 1 saturated heterocycles. The summed E-state index contributed by atoms with van der Waals surface area (Å²) in [6.07, 6.45) is 3.44. The van der Waals surface area contributed by atoms with Crippen molar-refractivity contribution in [3.05, 3.63) is 29.8 Å². The Balaban J connectivity index is 1.96. The molecule has 21 heavy (non-hydrogen) atoms. The molecule has 118 valence electrons. The van der Waals surface area contributed by atoms with Gasteiger partial charge < -0.3 is 10.5 Å². The SMILES string of the molecule is COc1ccc(CCC(C)(CN)N(C)C2CCSC2)cc1. The topological polar surface area (TPSA) is 38.5 Å². The van der Waals surface area contributed by atoms with Crippen LogP contribution in [0, 0.1) is 0 Å². The number of hydrogen-bond acceptors (Lipinski definition) is 4. The Morgan fingerprint density at radius 3 is 2.62 bits per heavy atom. The quantitative estimate of drug-likeness (QED) is 0.840. The Labute approximate surface area is 133 Å². The predicted molar refractivity (Wildman–Crippen MR) is 92.3 cm³/mol. The first-order chi connectivity index (χ1) is 10.1. The highest BCUT2D eigenvalue weighted by atomic mass is 32.2. The largest absolute Gasteiger partial charge is 0.497 e. The summed E-state index contributed by atoms with van der Waals surface area (Å²) in [5, 5.41) is 0. The van der Waals surface area contributed by atoms with Gasteiger partial charge in [0.2, 0.25) is 0 Å². The molecule has 0 spiro atoms. The number of aryl methyl sites for hydroxylation is 1. The average Bonchev–Trinajstić information content (AvgIpc) is 3.06. The molecule has 1 aromatic rings. The minimum Gasteiger partial charge on any atom is -0.497 e. The van der Waals surface area contributed by atoms with Crippen molar-refractivity contribution in [2.75, 3.05) is 32.2 Å². The van der Waals surface area contributed by atoms with Crippen LogP contribution >= 0.6 is 11.8 Å². The van der Waals surface area contributed by atoms with Gasteiger partial charge >= 0.3 is 0 Å². The van der Waals surface area contributed by atoms with Gasteiger partial charge in [-0.15, -0.1) is 0 Å². The number of methoxy groups -OCH3 is 1. The van der Waals surface area contributed by atoms with Gasteiger partial charge in [0.15, 0.2) is 0 Å². The van der Waals surface area contributed by atoms with Crippen LogP contribution in [0.15, 0.2) is 24.3 Å². The van der Waals surface area contributed by atoms with Crippen molar-refractivity contribution < 1.29 is 4.74 Å². The highest BCUT2D eigenvalue weighted by molar-refractivity contribution is 7.99. The number of rotatable bonds is 7. The summed E-state index contributed by atoms with van der Waals surface area (Å²) in [6, 6.07) is 9.06. The lowest BCUT2D eigenvalue weighted by molar-refractivity contribution is 0.0953. The third kappa shape index (κ3) is 4.15. The van der Waals surface area contributed by atoms with E-state index < -0.39 is 0 Å². The zero-order valence-corrected chi connectivity index (χ0v) is 14.3. The van der Waals surface area contributed by atoms with E-state index >= 15 is 0 Å². The molecule has 1 aliphatic heterocycles. The summed E-state index contributed by atoms with van der Waals surface area (Å²) in [7, 11) is 3.95. The Morgan fingerprint density at radius 1 is 1.38 bits per heavy atom. The van der Waals surface area contributed by atoms with Crippen molar-refractivity contribution in [2.24, 2.45) is 5.73 Å². The van der Waals surface area contributed by atoms with Crippen molar-refractivity contribution in [1.82, 2.24) is 4.90 Å². The van der Waals surface area contributed by atoms with Gasteiger partial charge in [-0.1, -0.05) is 12.1 Å². The maximum atomic E-state index is 6.12. The second kappa shape index (κ2) is 7.52. The Morgan fingerprint density at radius 2 is 2.10 bits per heavy atom. The minimum absolute atomic E-state index is 0.0789. The van der Waals surface area contributed by atoms with Crippen LogP contribution in [0.25, 0.3) is 0 Å². The lowest BCUT2D eigenvalue weighted by Gasteiger charge is -2.42. The molecule has 1 aromatic carbocycles. The zero-order chi connectivity index (χ0) is 15.3. The number of benzene rings is 1. The van der Waals surface area contributed by atoms with Crippen LogP contribution < -0.4 is 10.5 Å². The fourth-order valence-electron chi connectivity index (χ4n) is 2.90. The molecule has 3 nitrogen and oxygen atoms in total. The van der Waals surface area contributed by atoms with Crippen molar-refractivity contribution in [2.45, 2.75) is 37.8 Å². The summed E-state index contributed by atoms with van der Waals surface area (Å²) in [5.74, 6) is 3.45. The van der Waals surface area contributed by atoms with Crippen LogP contribution in [0.4, 0.5) is 0 Å². The van der Waals surface area contributed by atoms with Gasteiger partial charge in [0, 0.05) is 23.9 Å². The predicted octanol–water partition coefficient (Wildman–Crippen LogP) is 2.78. The number of hydrogen-bond donors (Lipinski definition) is 1. The van der Waals surface area contributed by atoms with Gasteiger partial charge in [0.25, 0.3) is 0 Å². The number of likely N-dealkylation sites (N-methyl/N-ethyl adjacent to an activating group) is 1. The average molecular weight is 308 g/mol. The Kier molecular flexibility index (Phi) is 5.97. The van der Waals surface area contributed by atoms with E-state index in [-0.39, 0.29) is 5.54 Å². The first-order valence-corrected chi connectivity index (χ1v) is 8.88. The molecule has 2 atom stereocenters. The van der Waals surface area contributed by atoms with Crippen molar-refractivity contribution >= 4 is 11.8 Å². The summed E-state index contributed by atoms with van der Waals surface area (Å²) in [5.41, 5.74) is 7.55. The van der Waals surface area contributed by atoms with E-state index in [0.717, 1.165) is 18.6 Å². The van der Waals surface area contributed by atoms with E-state index in [4.69, 9.17) is 10.5 Å². The molecule has 1 aliphatic rings. The Hall–Kier alpha value is -0.710. The maximum Gasteiger partial charge on any atom is 0.118 e. The molecule has 4 heteroatoms. The van der Waals surface area contributed by atoms with E-state index in [2.05, 4.69) is 42.8 Å². The molecule has 0 amide bonds. The van der Waals surface area contributed by atoms with E-state index in [1.54, 1.807) is 7.11 Å². The highest BCUT2D eigenvalue weighted by Gasteiger charge is 2.33. The molecule has 2 N–H and O–H groups in total. The van der Waals surface area contributed by atoms with Crippen LogP contribution in [-0.4, -0.2) is 48.7 Å². The minimum atomic E-state index is 0.0789. The van der Waals surface area contributed by atoms with Gasteiger partial charge in [-0.3, -0.25) is 4.90 Å². The summed E-state index contributed by atoms with van der Waals surface area (Å²) in [6.45, 7) is 3.01. The summed E-state index contributed by atoms with van der Waals surface area (Å²) < 4.78 is 5.21. The second-order valence-corrected chi connectivity index (χ2v) is 7.33. The van der Waals surface area contributed by atoms with Crippen molar-refractivity contribution in [3.8, 4) is 5.75 Å². The monoisotopic (exact) mass is 308 g/mol. The van der Waals surface area contributed by atoms with Gasteiger partial charge in [-0.25, -0.2) is 0 Å². The molecule has 0 radical (unpaired) electrons. The maximum absolute atomic E-state index is 6.12. The number of thioether (sulfide) groups is 1. The molecule has 0 saturated carbocycles. The molecule has 0 aliphatic carbocycles. The lowest BCUT2D eigenvalue weighted by Crippen LogP contribution is -2.54. The fourth-order valence-corrected chi connectivity index (χ4v) is 4.16. The molecule has 2 unspecified atom stereocenters. The number of nitrogens with two attached hydrogens (primary N) is 1. The smallest absolute Gasteiger partial charge is 0.118 e. The molecule has 1 fully saturated rings. The first kappa shape index (κ1) is 16.7.